The van der Waals surface area contributed by atoms with Crippen molar-refractivity contribution in [3.8, 4) is 37.7 Å². The molecule has 0 N–H and O–H groups in total. The maximum absolute atomic E-state index is 13.5. The third kappa shape index (κ3) is 6.45. The molecule has 54 heavy (non-hydrogen) atoms. The van der Waals surface area contributed by atoms with Crippen molar-refractivity contribution in [2.45, 2.75) is 66.2 Å². The van der Waals surface area contributed by atoms with Gasteiger partial charge in [-0.25, -0.2) is 4.79 Å². The summed E-state index contributed by atoms with van der Waals surface area (Å²) in [6.07, 6.45) is 0. The highest BCUT2D eigenvalue weighted by atomic mass is 32.1. The number of anilines is 1. The molecule has 0 bridgehead atoms. The number of thiophene rings is 1. The molecule has 3 heterocycles. The van der Waals surface area contributed by atoms with E-state index in [1.165, 1.54) is 44.2 Å². The molecule has 0 unspecified atom stereocenters. The fourth-order valence-corrected chi connectivity index (χ4v) is 8.63. The largest absolute Gasteiger partial charge is 0.422 e. The molecule has 0 spiro atoms. The van der Waals surface area contributed by atoms with Crippen LogP contribution in [-0.4, -0.2) is 17.7 Å². The fraction of sp³-hybridized carbons (Fsp3) is 0.245. The van der Waals surface area contributed by atoms with Gasteiger partial charge in [0.2, 0.25) is 0 Å². The van der Waals surface area contributed by atoms with Crippen LogP contribution in [-0.2, 0) is 10.8 Å². The van der Waals surface area contributed by atoms with Crippen molar-refractivity contribution in [1.82, 2.24) is 4.57 Å². The lowest BCUT2D eigenvalue weighted by Gasteiger charge is -2.20. The van der Waals surface area contributed by atoms with Crippen LogP contribution in [0.1, 0.15) is 66.5 Å². The summed E-state index contributed by atoms with van der Waals surface area (Å²) >= 11 is 1.61. The van der Waals surface area contributed by atoms with Crippen molar-refractivity contribution in [2.75, 3.05) is 18.0 Å². The van der Waals surface area contributed by atoms with Gasteiger partial charge >= 0.3 is 5.63 Å². The van der Waals surface area contributed by atoms with Crippen LogP contribution in [0.2, 0.25) is 0 Å². The Bertz CT molecular complexity index is 2600. The van der Waals surface area contributed by atoms with Crippen LogP contribution in [0.15, 0.2) is 131 Å². The Morgan fingerprint density at radius 1 is 0.593 bits per heavy atom. The molecule has 0 aliphatic heterocycles. The van der Waals surface area contributed by atoms with E-state index in [4.69, 9.17) is 4.42 Å². The minimum absolute atomic E-state index is 0.0967. The number of aromatic nitrogens is 1. The Hall–Kier alpha value is -5.39. The van der Waals surface area contributed by atoms with Gasteiger partial charge in [0.05, 0.1) is 16.6 Å². The van der Waals surface area contributed by atoms with Crippen LogP contribution in [0.3, 0.4) is 0 Å². The monoisotopic (exact) mass is 728 g/mol. The van der Waals surface area contributed by atoms with Crippen molar-refractivity contribution in [3.63, 3.8) is 0 Å². The lowest BCUT2D eigenvalue weighted by molar-refractivity contribution is 0.563. The van der Waals surface area contributed by atoms with Crippen LogP contribution in [0.25, 0.3) is 70.5 Å². The van der Waals surface area contributed by atoms with E-state index in [-0.39, 0.29) is 16.5 Å². The van der Waals surface area contributed by atoms with Crippen LogP contribution in [0.4, 0.5) is 5.69 Å². The first kappa shape index (κ1) is 35.6. The summed E-state index contributed by atoms with van der Waals surface area (Å²) in [5.41, 5.74) is 11.8. The van der Waals surface area contributed by atoms with Gasteiger partial charge in [0.15, 0.2) is 0 Å². The molecule has 0 saturated carbocycles. The second kappa shape index (κ2) is 13.5. The number of hydrogen-bond acceptors (Lipinski definition) is 4. The van der Waals surface area contributed by atoms with Gasteiger partial charge < -0.3 is 13.9 Å². The Balaban J connectivity index is 1.25. The van der Waals surface area contributed by atoms with Gasteiger partial charge in [0, 0.05) is 45.9 Å². The van der Waals surface area contributed by atoms with E-state index in [9.17, 15) is 4.79 Å². The van der Waals surface area contributed by atoms with Crippen LogP contribution >= 0.6 is 11.3 Å². The van der Waals surface area contributed by atoms with Gasteiger partial charge in [-0.3, -0.25) is 0 Å². The summed E-state index contributed by atoms with van der Waals surface area (Å²) in [6.45, 7) is 19.6. The molecule has 0 saturated heterocycles. The zero-order valence-corrected chi connectivity index (χ0v) is 33.4. The molecule has 5 heteroatoms. The Morgan fingerprint density at radius 2 is 1.11 bits per heavy atom. The van der Waals surface area contributed by atoms with Gasteiger partial charge in [-0.1, -0.05) is 102 Å². The van der Waals surface area contributed by atoms with Crippen LogP contribution < -0.4 is 10.5 Å². The zero-order chi connectivity index (χ0) is 37.9. The quantitative estimate of drug-likeness (QED) is 0.153. The zero-order valence-electron chi connectivity index (χ0n) is 32.6. The van der Waals surface area contributed by atoms with Crippen molar-refractivity contribution >= 4 is 49.8 Å². The Kier molecular flexibility index (Phi) is 8.89. The number of nitrogens with zero attached hydrogens (tertiary/aromatic N) is 2. The van der Waals surface area contributed by atoms with E-state index in [2.05, 4.69) is 174 Å². The maximum Gasteiger partial charge on any atom is 0.345 e. The fourth-order valence-electron chi connectivity index (χ4n) is 7.59. The standard InChI is InChI=1S/C49H48N2O2S/c1-9-50(10-2)38-22-15-35-29-41(47(52)53-44(35)30-38)45-25-26-46(54-45)51-42-23-16-33(31-11-18-36(19-12-31)48(3,4)5)27-39(42)40-28-34(17-24-43(40)51)32-13-20-37(21-14-32)49(6,7)8/h11-30H,9-10H2,1-8H3. The van der Waals surface area contributed by atoms with Crippen molar-refractivity contribution in [2.24, 2.45) is 0 Å². The molecule has 8 rings (SSSR count). The minimum Gasteiger partial charge on any atom is -0.422 e. The first-order valence-electron chi connectivity index (χ1n) is 19.1. The average Bonchev–Trinajstić information content (AvgIpc) is 3.76. The molecule has 0 amide bonds. The predicted octanol–water partition coefficient (Wildman–Crippen LogP) is 13.4. The number of rotatable bonds is 7. The molecule has 0 aliphatic rings. The third-order valence-corrected chi connectivity index (χ3v) is 12.0. The molecule has 8 aromatic rings. The second-order valence-corrected chi connectivity index (χ2v) is 17.5. The van der Waals surface area contributed by atoms with E-state index in [0.29, 0.717) is 11.1 Å². The first-order valence-corrected chi connectivity index (χ1v) is 19.9. The van der Waals surface area contributed by atoms with Crippen molar-refractivity contribution < 1.29 is 4.42 Å². The number of hydrogen-bond donors (Lipinski definition) is 0. The molecule has 5 aromatic carbocycles. The van der Waals surface area contributed by atoms with E-state index < -0.39 is 0 Å². The topological polar surface area (TPSA) is 38.4 Å². The lowest BCUT2D eigenvalue weighted by Crippen LogP contribution is -2.21. The smallest absolute Gasteiger partial charge is 0.345 e. The van der Waals surface area contributed by atoms with Gasteiger partial charge in [-0.2, -0.15) is 0 Å². The molecular weight excluding hydrogens is 681 g/mol. The van der Waals surface area contributed by atoms with Gasteiger partial charge in [-0.05, 0) is 113 Å². The molecule has 0 fully saturated rings. The first-order chi connectivity index (χ1) is 25.8. The van der Waals surface area contributed by atoms with E-state index in [1.807, 2.05) is 12.1 Å². The summed E-state index contributed by atoms with van der Waals surface area (Å²) < 4.78 is 8.29. The highest BCUT2D eigenvalue weighted by Crippen LogP contribution is 2.41. The molecule has 272 valence electrons. The summed E-state index contributed by atoms with van der Waals surface area (Å²) in [6, 6.07) is 43.9. The normalized spacial score (nSPS) is 12.3. The number of benzene rings is 5. The predicted molar refractivity (Wildman–Crippen MR) is 232 cm³/mol. The van der Waals surface area contributed by atoms with Crippen molar-refractivity contribution in [3.05, 3.63) is 143 Å². The van der Waals surface area contributed by atoms with Gasteiger partial charge in [-0.15, -0.1) is 11.3 Å². The molecule has 0 aliphatic carbocycles. The molecule has 0 atom stereocenters. The summed E-state index contributed by atoms with van der Waals surface area (Å²) in [4.78, 5) is 16.6. The molecule has 0 radical (unpaired) electrons. The highest BCUT2D eigenvalue weighted by molar-refractivity contribution is 7.18. The summed E-state index contributed by atoms with van der Waals surface area (Å²) in [7, 11) is 0. The minimum atomic E-state index is -0.320. The summed E-state index contributed by atoms with van der Waals surface area (Å²) in [5.74, 6) is 0. The number of fused-ring (bicyclic) bond motifs is 4. The van der Waals surface area contributed by atoms with Gasteiger partial charge in [0.1, 0.15) is 10.6 Å². The Labute approximate surface area is 322 Å². The van der Waals surface area contributed by atoms with Crippen molar-refractivity contribution in [1.29, 1.82) is 0 Å². The molecular formula is C49H48N2O2S. The molecule has 3 aromatic heterocycles. The average molecular weight is 729 g/mol. The second-order valence-electron chi connectivity index (χ2n) is 16.4. The lowest BCUT2D eigenvalue weighted by atomic mass is 9.86. The maximum atomic E-state index is 13.5. The van der Waals surface area contributed by atoms with Crippen LogP contribution in [0.5, 0.6) is 0 Å². The van der Waals surface area contributed by atoms with E-state index in [1.54, 1.807) is 11.3 Å². The van der Waals surface area contributed by atoms with Gasteiger partial charge in [0.25, 0.3) is 0 Å². The highest BCUT2D eigenvalue weighted by Gasteiger charge is 2.20. The van der Waals surface area contributed by atoms with E-state index >= 15 is 0 Å². The third-order valence-electron chi connectivity index (χ3n) is 10.9. The SMILES string of the molecule is CCN(CC)c1ccc2cc(-c3ccc(-n4c5ccc(-c6ccc(C(C)(C)C)cc6)cc5c5cc(-c6ccc(C(C)(C)C)cc6)ccc54)s3)c(=O)oc2c1. The Morgan fingerprint density at radius 3 is 1.61 bits per heavy atom. The van der Waals surface area contributed by atoms with E-state index in [0.717, 1.165) is 45.1 Å². The summed E-state index contributed by atoms with van der Waals surface area (Å²) in [5, 5.41) is 4.35. The molecule has 4 nitrogen and oxygen atoms in total. The van der Waals surface area contributed by atoms with Crippen LogP contribution in [0, 0.1) is 0 Å².